The molecule has 0 aromatic rings. The van der Waals surface area contributed by atoms with Crippen molar-refractivity contribution < 1.29 is 13.2 Å². The molecule has 13 heavy (non-hydrogen) atoms. The van der Waals surface area contributed by atoms with E-state index >= 15 is 0 Å². The van der Waals surface area contributed by atoms with E-state index in [4.69, 9.17) is 0 Å². The molecular formula is C9H16O3S. The third kappa shape index (κ3) is 5.80. The lowest BCUT2D eigenvalue weighted by atomic mass is 10.1. The van der Waals surface area contributed by atoms with Gasteiger partial charge in [-0.1, -0.05) is 0 Å². The van der Waals surface area contributed by atoms with E-state index in [0.29, 0.717) is 25.2 Å². The van der Waals surface area contributed by atoms with Crippen molar-refractivity contribution in [1.82, 2.24) is 0 Å². The largest absolute Gasteiger partial charge is 0.300 e. The Bertz CT molecular complexity index is 275. The van der Waals surface area contributed by atoms with E-state index < -0.39 is 9.84 Å². The summed E-state index contributed by atoms with van der Waals surface area (Å²) in [6.45, 7) is 0. The van der Waals surface area contributed by atoms with Gasteiger partial charge in [-0.15, -0.1) is 0 Å². The van der Waals surface area contributed by atoms with Crippen LogP contribution in [0.15, 0.2) is 0 Å². The molecule has 1 rings (SSSR count). The van der Waals surface area contributed by atoms with Crippen molar-refractivity contribution in [2.45, 2.75) is 32.1 Å². The Labute approximate surface area is 79.4 Å². The lowest BCUT2D eigenvalue weighted by Crippen LogP contribution is -2.06. The summed E-state index contributed by atoms with van der Waals surface area (Å²) in [5.41, 5.74) is 0. The van der Waals surface area contributed by atoms with Crippen LogP contribution in [0.2, 0.25) is 0 Å². The van der Waals surface area contributed by atoms with Crippen molar-refractivity contribution in [3.63, 3.8) is 0 Å². The Morgan fingerprint density at radius 1 is 1.38 bits per heavy atom. The summed E-state index contributed by atoms with van der Waals surface area (Å²) in [5, 5.41) is 0. The Morgan fingerprint density at radius 3 is 2.46 bits per heavy atom. The van der Waals surface area contributed by atoms with Crippen LogP contribution < -0.4 is 0 Å². The minimum Gasteiger partial charge on any atom is -0.300 e. The van der Waals surface area contributed by atoms with Crippen LogP contribution in [0.25, 0.3) is 0 Å². The van der Waals surface area contributed by atoms with E-state index in [9.17, 15) is 13.2 Å². The quantitative estimate of drug-likeness (QED) is 0.653. The first-order valence-electron chi connectivity index (χ1n) is 4.67. The van der Waals surface area contributed by atoms with Crippen molar-refractivity contribution in [1.29, 1.82) is 0 Å². The number of ketones is 1. The van der Waals surface area contributed by atoms with Crippen molar-refractivity contribution in [2.24, 2.45) is 5.92 Å². The minimum atomic E-state index is -2.88. The molecule has 0 amide bonds. The number of rotatable bonds is 6. The molecule has 0 N–H and O–H groups in total. The van der Waals surface area contributed by atoms with Gasteiger partial charge in [-0.3, -0.25) is 4.79 Å². The average molecular weight is 204 g/mol. The normalized spacial score (nSPS) is 17.3. The summed E-state index contributed by atoms with van der Waals surface area (Å²) in [6, 6.07) is 0. The molecule has 0 heterocycles. The molecule has 0 bridgehead atoms. The molecule has 0 radical (unpaired) electrons. The first-order chi connectivity index (χ1) is 5.97. The Morgan fingerprint density at radius 2 is 2.00 bits per heavy atom. The van der Waals surface area contributed by atoms with Crippen LogP contribution in [0, 0.1) is 5.92 Å². The number of hydrogen-bond donors (Lipinski definition) is 0. The van der Waals surface area contributed by atoms with Gasteiger partial charge < -0.3 is 0 Å². The van der Waals surface area contributed by atoms with Gasteiger partial charge >= 0.3 is 0 Å². The summed E-state index contributed by atoms with van der Waals surface area (Å²) in [4.78, 5) is 11.2. The number of sulfone groups is 1. The summed E-state index contributed by atoms with van der Waals surface area (Å²) < 4.78 is 21.5. The summed E-state index contributed by atoms with van der Waals surface area (Å²) >= 11 is 0. The molecule has 1 fully saturated rings. The SMILES string of the molecule is CS(=O)(=O)CCCC(=O)CC1CC1. The predicted octanol–water partition coefficient (Wildman–Crippen LogP) is 1.18. The molecule has 1 aliphatic rings. The fraction of sp³-hybridized carbons (Fsp3) is 0.889. The van der Waals surface area contributed by atoms with E-state index in [1.54, 1.807) is 0 Å². The van der Waals surface area contributed by atoms with Crippen LogP contribution in [-0.4, -0.2) is 26.2 Å². The molecule has 0 atom stereocenters. The smallest absolute Gasteiger partial charge is 0.147 e. The van der Waals surface area contributed by atoms with Gasteiger partial charge in [0.1, 0.15) is 15.6 Å². The van der Waals surface area contributed by atoms with E-state index in [1.165, 1.54) is 19.1 Å². The zero-order valence-corrected chi connectivity index (χ0v) is 8.77. The fourth-order valence-corrected chi connectivity index (χ4v) is 1.95. The molecule has 4 heteroatoms. The zero-order valence-electron chi connectivity index (χ0n) is 7.95. The molecule has 1 saturated carbocycles. The second kappa shape index (κ2) is 4.22. The maximum absolute atomic E-state index is 11.2. The van der Waals surface area contributed by atoms with Gasteiger partial charge in [-0.2, -0.15) is 0 Å². The first kappa shape index (κ1) is 10.7. The lowest BCUT2D eigenvalue weighted by Gasteiger charge is -1.98. The van der Waals surface area contributed by atoms with E-state index in [0.717, 1.165) is 0 Å². The first-order valence-corrected chi connectivity index (χ1v) is 6.73. The Hall–Kier alpha value is -0.380. The monoisotopic (exact) mass is 204 g/mol. The van der Waals surface area contributed by atoms with Gasteiger partial charge in [0.15, 0.2) is 0 Å². The van der Waals surface area contributed by atoms with Crippen LogP contribution in [0.4, 0.5) is 0 Å². The molecule has 0 aromatic carbocycles. The van der Waals surface area contributed by atoms with Gasteiger partial charge in [-0.25, -0.2) is 8.42 Å². The number of carbonyl (C=O) groups is 1. The summed E-state index contributed by atoms with van der Waals surface area (Å²) in [5.74, 6) is 0.987. The fourth-order valence-electron chi connectivity index (χ4n) is 1.28. The lowest BCUT2D eigenvalue weighted by molar-refractivity contribution is -0.119. The highest BCUT2D eigenvalue weighted by molar-refractivity contribution is 7.90. The predicted molar refractivity (Wildman–Crippen MR) is 51.3 cm³/mol. The second-order valence-corrected chi connectivity index (χ2v) is 6.18. The van der Waals surface area contributed by atoms with Crippen molar-refractivity contribution in [3.05, 3.63) is 0 Å². The number of Topliss-reactive ketones (excluding diaryl/α,β-unsaturated/α-hetero) is 1. The third-order valence-electron chi connectivity index (χ3n) is 2.18. The van der Waals surface area contributed by atoms with Gasteiger partial charge in [0.05, 0.1) is 5.75 Å². The van der Waals surface area contributed by atoms with Crippen molar-refractivity contribution in [3.8, 4) is 0 Å². The van der Waals surface area contributed by atoms with Crippen molar-refractivity contribution >= 4 is 15.6 Å². The van der Waals surface area contributed by atoms with Gasteiger partial charge in [0, 0.05) is 19.1 Å². The second-order valence-electron chi connectivity index (χ2n) is 3.92. The zero-order chi connectivity index (χ0) is 9.90. The topological polar surface area (TPSA) is 51.2 Å². The maximum Gasteiger partial charge on any atom is 0.147 e. The van der Waals surface area contributed by atoms with Gasteiger partial charge in [0.25, 0.3) is 0 Å². The van der Waals surface area contributed by atoms with E-state index in [2.05, 4.69) is 0 Å². The summed E-state index contributed by atoms with van der Waals surface area (Å²) in [6.07, 6.45) is 5.16. The molecule has 76 valence electrons. The van der Waals surface area contributed by atoms with Gasteiger partial charge in [-0.05, 0) is 25.2 Å². The molecule has 1 aliphatic carbocycles. The highest BCUT2D eigenvalue weighted by Gasteiger charge is 2.23. The van der Waals surface area contributed by atoms with E-state index in [1.807, 2.05) is 0 Å². The van der Waals surface area contributed by atoms with E-state index in [-0.39, 0.29) is 11.5 Å². The third-order valence-corrected chi connectivity index (χ3v) is 3.21. The van der Waals surface area contributed by atoms with Gasteiger partial charge in [0.2, 0.25) is 0 Å². The van der Waals surface area contributed by atoms with Crippen LogP contribution in [0.5, 0.6) is 0 Å². The van der Waals surface area contributed by atoms with Crippen molar-refractivity contribution in [2.75, 3.05) is 12.0 Å². The molecule has 3 nitrogen and oxygen atoms in total. The Kier molecular flexibility index (Phi) is 3.47. The Balaban J connectivity index is 2.07. The molecule has 0 aromatic heterocycles. The molecule has 0 unspecified atom stereocenters. The van der Waals surface area contributed by atoms with Crippen LogP contribution >= 0.6 is 0 Å². The molecule has 0 aliphatic heterocycles. The highest BCUT2D eigenvalue weighted by atomic mass is 32.2. The number of hydrogen-bond acceptors (Lipinski definition) is 3. The summed E-state index contributed by atoms with van der Waals surface area (Å²) in [7, 11) is -2.88. The standard InChI is InChI=1S/C9H16O3S/c1-13(11,12)6-2-3-9(10)7-8-4-5-8/h8H,2-7H2,1H3. The highest BCUT2D eigenvalue weighted by Crippen LogP contribution is 2.32. The average Bonchev–Trinajstić information content (AvgIpc) is 2.68. The minimum absolute atomic E-state index is 0.142. The molecular weight excluding hydrogens is 188 g/mol. The molecule has 0 saturated heterocycles. The molecule has 0 spiro atoms. The van der Waals surface area contributed by atoms with Crippen LogP contribution in [-0.2, 0) is 14.6 Å². The van der Waals surface area contributed by atoms with Crippen LogP contribution in [0.1, 0.15) is 32.1 Å². The maximum atomic E-state index is 11.2. The van der Waals surface area contributed by atoms with Crippen LogP contribution in [0.3, 0.4) is 0 Å². The number of carbonyl (C=O) groups excluding carboxylic acids is 1.